The third-order valence-electron chi connectivity index (χ3n) is 4.69. The van der Waals surface area contributed by atoms with E-state index in [4.69, 9.17) is 9.47 Å². The summed E-state index contributed by atoms with van der Waals surface area (Å²) >= 11 is 1.37. The number of hydrogen-bond donors (Lipinski definition) is 1. The third-order valence-corrected chi connectivity index (χ3v) is 5.79. The van der Waals surface area contributed by atoms with E-state index in [-0.39, 0.29) is 12.5 Å². The van der Waals surface area contributed by atoms with Crippen LogP contribution in [0.15, 0.2) is 54.6 Å². The lowest BCUT2D eigenvalue weighted by Gasteiger charge is -2.10. The molecule has 0 spiro atoms. The van der Waals surface area contributed by atoms with E-state index in [2.05, 4.69) is 5.32 Å². The summed E-state index contributed by atoms with van der Waals surface area (Å²) in [4.78, 5) is 25.8. The first-order valence-corrected chi connectivity index (χ1v) is 11.2. The molecule has 3 rings (SSSR count). The van der Waals surface area contributed by atoms with Gasteiger partial charge in [-0.2, -0.15) is 0 Å². The zero-order valence-corrected chi connectivity index (χ0v) is 18.9. The van der Waals surface area contributed by atoms with Gasteiger partial charge in [0.2, 0.25) is 5.91 Å². The van der Waals surface area contributed by atoms with Gasteiger partial charge in [-0.25, -0.2) is 4.79 Å². The monoisotopic (exact) mass is 437 g/mol. The highest BCUT2D eigenvalue weighted by Gasteiger charge is 2.19. The van der Waals surface area contributed by atoms with E-state index in [1.165, 1.54) is 11.3 Å². The van der Waals surface area contributed by atoms with Gasteiger partial charge in [0, 0.05) is 11.3 Å². The van der Waals surface area contributed by atoms with Gasteiger partial charge >= 0.3 is 5.97 Å². The fraction of sp³-hybridized carbons (Fsp3) is 0.280. The maximum Gasteiger partial charge on any atom is 0.341 e. The van der Waals surface area contributed by atoms with Crippen LogP contribution in [-0.2, 0) is 9.53 Å². The van der Waals surface area contributed by atoms with Gasteiger partial charge in [0.15, 0.2) is 0 Å². The minimum absolute atomic E-state index is 0.156. The van der Waals surface area contributed by atoms with Crippen LogP contribution in [-0.4, -0.2) is 25.1 Å². The average molecular weight is 438 g/mol. The van der Waals surface area contributed by atoms with Crippen molar-refractivity contribution >= 4 is 28.2 Å². The smallest absolute Gasteiger partial charge is 0.341 e. The molecule has 1 N–H and O–H groups in total. The molecule has 0 aliphatic rings. The molecule has 0 saturated carbocycles. The standard InChI is InChI=1S/C25H27NO4S/c1-4-29-25(28)20-16-22(19-9-6-5-7-10-19)31-24(20)26-23(27)11-8-14-30-21-15-17(2)12-13-18(21)3/h5-7,9-10,12-13,15-16H,4,8,11,14H2,1-3H3,(H,26,27). The first-order chi connectivity index (χ1) is 15.0. The number of anilines is 1. The van der Waals surface area contributed by atoms with Crippen molar-refractivity contribution in [3.8, 4) is 16.2 Å². The van der Waals surface area contributed by atoms with E-state index in [0.717, 1.165) is 27.3 Å². The third kappa shape index (κ3) is 6.18. The molecule has 0 aliphatic heterocycles. The Bertz CT molecular complexity index is 1040. The fourth-order valence-corrected chi connectivity index (χ4v) is 4.12. The van der Waals surface area contributed by atoms with Crippen LogP contribution in [0.25, 0.3) is 10.4 Å². The second-order valence-electron chi connectivity index (χ2n) is 7.21. The van der Waals surface area contributed by atoms with Crippen molar-refractivity contribution in [2.24, 2.45) is 0 Å². The molecule has 0 fully saturated rings. The number of aryl methyl sites for hydroxylation is 2. The van der Waals surface area contributed by atoms with Crippen LogP contribution in [0.3, 0.4) is 0 Å². The molecule has 1 heterocycles. The molecule has 3 aromatic rings. The Balaban J connectivity index is 1.62. The highest BCUT2D eigenvalue weighted by molar-refractivity contribution is 7.20. The first-order valence-electron chi connectivity index (χ1n) is 10.3. The Kier molecular flexibility index (Phi) is 7.84. The topological polar surface area (TPSA) is 64.6 Å². The number of rotatable bonds is 9. The van der Waals surface area contributed by atoms with Crippen molar-refractivity contribution in [1.29, 1.82) is 0 Å². The second-order valence-corrected chi connectivity index (χ2v) is 8.26. The van der Waals surface area contributed by atoms with E-state index in [0.29, 0.717) is 30.0 Å². The van der Waals surface area contributed by atoms with E-state index in [9.17, 15) is 9.59 Å². The number of thiophene rings is 1. The summed E-state index contributed by atoms with van der Waals surface area (Å²) in [5, 5.41) is 3.39. The van der Waals surface area contributed by atoms with Crippen LogP contribution in [0, 0.1) is 13.8 Å². The molecule has 6 heteroatoms. The predicted molar refractivity (Wildman–Crippen MR) is 125 cm³/mol. The number of amides is 1. The summed E-state index contributed by atoms with van der Waals surface area (Å²) in [6, 6.07) is 17.6. The molecule has 1 amide bonds. The van der Waals surface area contributed by atoms with Crippen molar-refractivity contribution in [3.05, 3.63) is 71.3 Å². The maximum absolute atomic E-state index is 12.5. The van der Waals surface area contributed by atoms with Gasteiger partial charge in [0.25, 0.3) is 0 Å². The molecule has 0 unspecified atom stereocenters. The largest absolute Gasteiger partial charge is 0.493 e. The lowest BCUT2D eigenvalue weighted by Crippen LogP contribution is -2.15. The Hall–Kier alpha value is -3.12. The van der Waals surface area contributed by atoms with Crippen LogP contribution in [0.5, 0.6) is 5.75 Å². The number of esters is 1. The molecule has 31 heavy (non-hydrogen) atoms. The number of ether oxygens (including phenoxy) is 2. The van der Waals surface area contributed by atoms with E-state index in [1.807, 2.05) is 62.4 Å². The number of benzene rings is 2. The van der Waals surface area contributed by atoms with E-state index < -0.39 is 5.97 Å². The number of nitrogens with one attached hydrogen (secondary N) is 1. The van der Waals surface area contributed by atoms with Crippen molar-refractivity contribution in [1.82, 2.24) is 0 Å². The lowest BCUT2D eigenvalue weighted by atomic mass is 10.1. The van der Waals surface area contributed by atoms with Gasteiger partial charge in [0.1, 0.15) is 10.8 Å². The van der Waals surface area contributed by atoms with Crippen LogP contribution in [0.4, 0.5) is 5.00 Å². The van der Waals surface area contributed by atoms with Crippen molar-refractivity contribution in [3.63, 3.8) is 0 Å². The number of carbonyl (C=O) groups is 2. The molecule has 0 radical (unpaired) electrons. The first kappa shape index (κ1) is 22.6. The van der Waals surface area contributed by atoms with Gasteiger partial charge in [-0.15, -0.1) is 11.3 Å². The average Bonchev–Trinajstić information content (AvgIpc) is 3.18. The van der Waals surface area contributed by atoms with Crippen molar-refractivity contribution < 1.29 is 19.1 Å². The molecule has 0 bridgehead atoms. The van der Waals surface area contributed by atoms with Crippen LogP contribution in [0.1, 0.15) is 41.3 Å². The van der Waals surface area contributed by atoms with Crippen LogP contribution < -0.4 is 10.1 Å². The molecule has 0 atom stereocenters. The van der Waals surface area contributed by atoms with Crippen LogP contribution in [0.2, 0.25) is 0 Å². The number of carbonyl (C=O) groups excluding carboxylic acids is 2. The summed E-state index contributed by atoms with van der Waals surface area (Å²) in [5.74, 6) is 0.252. The summed E-state index contributed by atoms with van der Waals surface area (Å²) in [6.45, 7) is 6.50. The molecule has 1 aromatic heterocycles. The number of hydrogen-bond acceptors (Lipinski definition) is 5. The Labute approximate surface area is 187 Å². The summed E-state index contributed by atoms with van der Waals surface area (Å²) in [7, 11) is 0. The molecule has 162 valence electrons. The molecule has 0 saturated heterocycles. The van der Waals surface area contributed by atoms with E-state index in [1.54, 1.807) is 13.0 Å². The van der Waals surface area contributed by atoms with Crippen molar-refractivity contribution in [2.75, 3.05) is 18.5 Å². The fourth-order valence-electron chi connectivity index (χ4n) is 3.06. The van der Waals surface area contributed by atoms with Gasteiger partial charge in [-0.1, -0.05) is 42.5 Å². The van der Waals surface area contributed by atoms with Gasteiger partial charge in [-0.05, 0) is 56.0 Å². The minimum atomic E-state index is -0.436. The van der Waals surface area contributed by atoms with Gasteiger partial charge in [-0.3, -0.25) is 4.79 Å². The summed E-state index contributed by atoms with van der Waals surface area (Å²) in [6.07, 6.45) is 0.872. The van der Waals surface area contributed by atoms with Gasteiger partial charge in [0.05, 0.1) is 18.8 Å². The van der Waals surface area contributed by atoms with Crippen LogP contribution >= 0.6 is 11.3 Å². The maximum atomic E-state index is 12.5. The van der Waals surface area contributed by atoms with Gasteiger partial charge < -0.3 is 14.8 Å². The Morgan fingerprint density at radius 3 is 2.55 bits per heavy atom. The highest BCUT2D eigenvalue weighted by Crippen LogP contribution is 2.36. The molecular weight excluding hydrogens is 410 g/mol. The quantitative estimate of drug-likeness (QED) is 0.329. The molecular formula is C25H27NO4S. The predicted octanol–water partition coefficient (Wildman–Crippen LogP) is 6.01. The Morgan fingerprint density at radius 2 is 1.81 bits per heavy atom. The zero-order valence-electron chi connectivity index (χ0n) is 18.1. The minimum Gasteiger partial charge on any atom is -0.493 e. The summed E-state index contributed by atoms with van der Waals surface area (Å²) < 4.78 is 11.0. The lowest BCUT2D eigenvalue weighted by molar-refractivity contribution is -0.116. The zero-order chi connectivity index (χ0) is 22.2. The molecule has 2 aromatic carbocycles. The SMILES string of the molecule is CCOC(=O)c1cc(-c2ccccc2)sc1NC(=O)CCCOc1cc(C)ccc1C. The second kappa shape index (κ2) is 10.8. The normalized spacial score (nSPS) is 10.5. The van der Waals surface area contributed by atoms with E-state index >= 15 is 0 Å². The van der Waals surface area contributed by atoms with Crippen molar-refractivity contribution in [2.45, 2.75) is 33.6 Å². The Morgan fingerprint density at radius 1 is 1.03 bits per heavy atom. The molecule has 0 aliphatic carbocycles. The summed E-state index contributed by atoms with van der Waals surface area (Å²) in [5.41, 5.74) is 3.57. The highest BCUT2D eigenvalue weighted by atomic mass is 32.1. The molecule has 5 nitrogen and oxygen atoms in total.